The van der Waals surface area contributed by atoms with Crippen molar-refractivity contribution in [3.05, 3.63) is 42.2 Å². The smallest absolute Gasteiger partial charge is 0.178 e. The number of hydrogen-bond donors (Lipinski definition) is 1. The lowest BCUT2D eigenvalue weighted by Crippen LogP contribution is -2.08. The van der Waals surface area contributed by atoms with E-state index in [2.05, 4.69) is 5.10 Å². The summed E-state index contributed by atoms with van der Waals surface area (Å²) in [6.45, 7) is 2.03. The molecule has 2 N–H and O–H groups in total. The molecule has 1 aromatic carbocycles. The second-order valence-corrected chi connectivity index (χ2v) is 6.51. The van der Waals surface area contributed by atoms with E-state index in [0.29, 0.717) is 0 Å². The van der Waals surface area contributed by atoms with E-state index in [0.717, 1.165) is 23.9 Å². The van der Waals surface area contributed by atoms with Crippen molar-refractivity contribution in [1.82, 2.24) is 9.78 Å². The van der Waals surface area contributed by atoms with Crippen LogP contribution in [0.4, 0.5) is 0 Å². The Hall–Kier alpha value is -1.66. The largest absolute Gasteiger partial charge is 0.324 e. The quantitative estimate of drug-likeness (QED) is 0.923. The second-order valence-electron chi connectivity index (χ2n) is 4.50. The van der Waals surface area contributed by atoms with Gasteiger partial charge in [-0.1, -0.05) is 19.1 Å². The maximum atomic E-state index is 11.4. The highest BCUT2D eigenvalue weighted by Gasteiger charge is 2.11. The average Bonchev–Trinajstić information content (AvgIpc) is 2.87. The lowest BCUT2D eigenvalue weighted by atomic mass is 10.1. The maximum absolute atomic E-state index is 11.4. The van der Waals surface area contributed by atoms with Crippen LogP contribution in [-0.2, 0) is 9.84 Å². The summed E-state index contributed by atoms with van der Waals surface area (Å²) in [5.41, 5.74) is 7.81. The first-order valence-corrected chi connectivity index (χ1v) is 7.91. The number of nitrogens with two attached hydrogens (primary N) is 1. The van der Waals surface area contributed by atoms with Gasteiger partial charge in [-0.25, -0.2) is 13.1 Å². The van der Waals surface area contributed by atoms with E-state index in [4.69, 9.17) is 5.73 Å². The zero-order valence-corrected chi connectivity index (χ0v) is 11.8. The molecule has 0 aliphatic heterocycles. The third kappa shape index (κ3) is 3.02. The van der Waals surface area contributed by atoms with Gasteiger partial charge in [-0.3, -0.25) is 0 Å². The molecule has 0 unspecified atom stereocenters. The van der Waals surface area contributed by atoms with E-state index in [-0.39, 0.29) is 10.9 Å². The molecule has 0 saturated heterocycles. The number of aromatic nitrogens is 2. The Balaban J connectivity index is 2.30. The Kier molecular flexibility index (Phi) is 3.73. The summed E-state index contributed by atoms with van der Waals surface area (Å²) < 4.78 is 24.3. The van der Waals surface area contributed by atoms with E-state index in [1.54, 1.807) is 0 Å². The standard InChI is InChI=1S/C13H17N3O2S/c1-3-13(14)10-4-6-11(7-5-10)16-9-12(8-15-16)19(2,17)18/h4-9,13H,3,14H2,1-2H3/t13-/m1/s1. The summed E-state index contributed by atoms with van der Waals surface area (Å²) in [5, 5.41) is 4.05. The van der Waals surface area contributed by atoms with Crippen LogP contribution in [0.1, 0.15) is 24.9 Å². The summed E-state index contributed by atoms with van der Waals surface area (Å²) in [4.78, 5) is 0.210. The summed E-state index contributed by atoms with van der Waals surface area (Å²) >= 11 is 0. The Morgan fingerprint density at radius 3 is 2.42 bits per heavy atom. The van der Waals surface area contributed by atoms with Crippen molar-refractivity contribution < 1.29 is 8.42 Å². The van der Waals surface area contributed by atoms with Crippen molar-refractivity contribution in [2.45, 2.75) is 24.3 Å². The Bertz CT molecular complexity index is 659. The highest BCUT2D eigenvalue weighted by molar-refractivity contribution is 7.90. The highest BCUT2D eigenvalue weighted by Crippen LogP contribution is 2.17. The van der Waals surface area contributed by atoms with Gasteiger partial charge in [0.15, 0.2) is 9.84 Å². The first kappa shape index (κ1) is 13.8. The molecule has 0 bridgehead atoms. The first-order chi connectivity index (χ1) is 8.91. The van der Waals surface area contributed by atoms with Gasteiger partial charge in [-0.2, -0.15) is 5.10 Å². The molecule has 0 amide bonds. The minimum Gasteiger partial charge on any atom is -0.324 e. The lowest BCUT2D eigenvalue weighted by Gasteiger charge is -2.09. The van der Waals surface area contributed by atoms with Crippen LogP contribution >= 0.6 is 0 Å². The van der Waals surface area contributed by atoms with Gasteiger partial charge in [0.25, 0.3) is 0 Å². The molecule has 0 saturated carbocycles. The fraction of sp³-hybridized carbons (Fsp3) is 0.308. The molecule has 0 aliphatic carbocycles. The van der Waals surface area contributed by atoms with Gasteiger partial charge in [0, 0.05) is 18.5 Å². The summed E-state index contributed by atoms with van der Waals surface area (Å²) in [6, 6.07) is 7.66. The van der Waals surface area contributed by atoms with Crippen molar-refractivity contribution in [3.63, 3.8) is 0 Å². The van der Waals surface area contributed by atoms with Crippen molar-refractivity contribution in [2.75, 3.05) is 6.26 Å². The number of hydrogen-bond acceptors (Lipinski definition) is 4. The van der Waals surface area contributed by atoms with Crippen LogP contribution in [0.2, 0.25) is 0 Å². The average molecular weight is 279 g/mol. The normalized spacial score (nSPS) is 13.4. The number of sulfone groups is 1. The van der Waals surface area contributed by atoms with Crippen molar-refractivity contribution >= 4 is 9.84 Å². The minimum atomic E-state index is -3.22. The van der Waals surface area contributed by atoms with Gasteiger partial charge in [-0.15, -0.1) is 0 Å². The zero-order valence-electron chi connectivity index (χ0n) is 10.9. The van der Waals surface area contributed by atoms with Crippen molar-refractivity contribution in [2.24, 2.45) is 5.73 Å². The zero-order chi connectivity index (χ0) is 14.0. The summed E-state index contributed by atoms with van der Waals surface area (Å²) in [6.07, 6.45) is 4.89. The molecular weight excluding hydrogens is 262 g/mol. The molecule has 2 rings (SSSR count). The van der Waals surface area contributed by atoms with Gasteiger partial charge in [-0.05, 0) is 24.1 Å². The van der Waals surface area contributed by atoms with E-state index < -0.39 is 9.84 Å². The molecule has 6 heteroatoms. The Labute approximate surface area is 113 Å². The molecule has 0 fully saturated rings. The Morgan fingerprint density at radius 1 is 1.32 bits per heavy atom. The van der Waals surface area contributed by atoms with E-state index in [1.165, 1.54) is 17.1 Å². The van der Waals surface area contributed by atoms with Crippen LogP contribution in [0.25, 0.3) is 5.69 Å². The fourth-order valence-corrected chi connectivity index (χ4v) is 2.28. The van der Waals surface area contributed by atoms with Crippen LogP contribution in [0.3, 0.4) is 0 Å². The van der Waals surface area contributed by atoms with Gasteiger partial charge < -0.3 is 5.73 Å². The summed E-state index contributed by atoms with van der Waals surface area (Å²) in [7, 11) is -3.22. The van der Waals surface area contributed by atoms with Gasteiger partial charge in [0.05, 0.1) is 11.9 Å². The Morgan fingerprint density at radius 2 is 1.95 bits per heavy atom. The van der Waals surface area contributed by atoms with Gasteiger partial charge in [0.1, 0.15) is 4.90 Å². The second kappa shape index (κ2) is 5.14. The third-order valence-corrected chi connectivity index (χ3v) is 4.08. The molecule has 1 atom stereocenters. The van der Waals surface area contributed by atoms with Crippen LogP contribution in [0.15, 0.2) is 41.6 Å². The molecule has 1 aromatic heterocycles. The lowest BCUT2D eigenvalue weighted by molar-refractivity contribution is 0.602. The van der Waals surface area contributed by atoms with Gasteiger partial charge in [0.2, 0.25) is 0 Å². The van der Waals surface area contributed by atoms with Crippen LogP contribution in [0, 0.1) is 0 Å². The van der Waals surface area contributed by atoms with Crippen LogP contribution < -0.4 is 5.73 Å². The molecule has 102 valence electrons. The highest BCUT2D eigenvalue weighted by atomic mass is 32.2. The number of rotatable bonds is 4. The summed E-state index contributed by atoms with van der Waals surface area (Å²) in [5.74, 6) is 0. The topological polar surface area (TPSA) is 78.0 Å². The van der Waals surface area contributed by atoms with Crippen LogP contribution in [0.5, 0.6) is 0 Å². The minimum absolute atomic E-state index is 0.0262. The fourth-order valence-electron chi connectivity index (χ4n) is 1.75. The molecular formula is C13H17N3O2S. The van der Waals surface area contributed by atoms with Crippen molar-refractivity contribution in [1.29, 1.82) is 0 Å². The van der Waals surface area contributed by atoms with E-state index >= 15 is 0 Å². The third-order valence-electron chi connectivity index (χ3n) is 3.01. The molecule has 0 spiro atoms. The van der Waals surface area contributed by atoms with Crippen molar-refractivity contribution in [3.8, 4) is 5.69 Å². The van der Waals surface area contributed by atoms with Crippen LogP contribution in [-0.4, -0.2) is 24.5 Å². The SMILES string of the molecule is CC[C@@H](N)c1ccc(-n2cc(S(C)(=O)=O)cn2)cc1. The maximum Gasteiger partial charge on any atom is 0.178 e. The monoisotopic (exact) mass is 279 g/mol. The number of nitrogens with zero attached hydrogens (tertiary/aromatic N) is 2. The molecule has 19 heavy (non-hydrogen) atoms. The number of benzene rings is 1. The van der Waals surface area contributed by atoms with E-state index in [1.807, 2.05) is 31.2 Å². The van der Waals surface area contributed by atoms with E-state index in [9.17, 15) is 8.42 Å². The molecule has 1 heterocycles. The molecule has 2 aromatic rings. The van der Waals surface area contributed by atoms with Gasteiger partial charge >= 0.3 is 0 Å². The molecule has 0 aliphatic rings. The molecule has 5 nitrogen and oxygen atoms in total. The predicted octanol–water partition coefficient (Wildman–Crippen LogP) is 1.69. The molecule has 0 radical (unpaired) electrons. The predicted molar refractivity (Wildman–Crippen MR) is 73.9 cm³/mol. The first-order valence-electron chi connectivity index (χ1n) is 6.02.